The van der Waals surface area contributed by atoms with Gasteiger partial charge in [0.05, 0.1) is 0 Å². The first-order valence-electron chi connectivity index (χ1n) is 5.50. The molecule has 0 fully saturated rings. The standard InChI is InChI=1S/C11H14BN3O4/c1-11(2,3)19-10(16)15-9-5-4-7(12(17)18)8(6-13)14-9/h4-5,17-18H,1-3H3,(H,14,15,16). The third-order valence-corrected chi connectivity index (χ3v) is 1.94. The Morgan fingerprint density at radius 1 is 1.47 bits per heavy atom. The van der Waals surface area contributed by atoms with E-state index in [1.807, 2.05) is 0 Å². The van der Waals surface area contributed by atoms with Gasteiger partial charge in [0.1, 0.15) is 23.2 Å². The van der Waals surface area contributed by atoms with E-state index < -0.39 is 18.8 Å². The van der Waals surface area contributed by atoms with Gasteiger partial charge in [-0.25, -0.2) is 9.78 Å². The first-order chi connectivity index (χ1) is 8.73. The zero-order valence-electron chi connectivity index (χ0n) is 10.8. The van der Waals surface area contributed by atoms with Crippen LogP contribution in [0.25, 0.3) is 0 Å². The Bertz CT molecular complexity index is 520. The maximum absolute atomic E-state index is 11.5. The lowest BCUT2D eigenvalue weighted by atomic mass is 9.79. The van der Waals surface area contributed by atoms with Gasteiger partial charge in [0.15, 0.2) is 0 Å². The van der Waals surface area contributed by atoms with Gasteiger partial charge in [0.25, 0.3) is 0 Å². The Morgan fingerprint density at radius 2 is 2.11 bits per heavy atom. The number of anilines is 1. The van der Waals surface area contributed by atoms with Gasteiger partial charge in [0.2, 0.25) is 0 Å². The van der Waals surface area contributed by atoms with E-state index in [1.165, 1.54) is 12.1 Å². The number of pyridine rings is 1. The maximum Gasteiger partial charge on any atom is 0.491 e. The second-order valence-electron chi connectivity index (χ2n) is 4.75. The summed E-state index contributed by atoms with van der Waals surface area (Å²) in [4.78, 5) is 15.3. The summed E-state index contributed by atoms with van der Waals surface area (Å²) in [5, 5.41) is 29.2. The van der Waals surface area contributed by atoms with E-state index in [9.17, 15) is 4.79 Å². The van der Waals surface area contributed by atoms with Crippen LogP contribution in [-0.2, 0) is 4.74 Å². The van der Waals surface area contributed by atoms with E-state index in [0.717, 1.165) is 0 Å². The number of ether oxygens (including phenoxy) is 1. The van der Waals surface area contributed by atoms with E-state index >= 15 is 0 Å². The average Bonchev–Trinajstić information content (AvgIpc) is 2.25. The van der Waals surface area contributed by atoms with Crippen molar-refractivity contribution >= 4 is 24.5 Å². The zero-order chi connectivity index (χ0) is 14.6. The molecule has 0 unspecified atom stereocenters. The molecule has 0 radical (unpaired) electrons. The van der Waals surface area contributed by atoms with Gasteiger partial charge in [-0.2, -0.15) is 5.26 Å². The lowest BCUT2D eigenvalue weighted by molar-refractivity contribution is 0.0635. The Balaban J connectivity index is 2.87. The third kappa shape index (κ3) is 4.58. The van der Waals surface area contributed by atoms with Crippen molar-refractivity contribution in [1.82, 2.24) is 4.98 Å². The number of aromatic nitrogens is 1. The number of carbonyl (C=O) groups is 1. The quantitative estimate of drug-likeness (QED) is 0.646. The fraction of sp³-hybridized carbons (Fsp3) is 0.364. The number of nitriles is 1. The van der Waals surface area contributed by atoms with E-state index in [-0.39, 0.29) is 17.0 Å². The molecule has 1 aromatic heterocycles. The monoisotopic (exact) mass is 263 g/mol. The second kappa shape index (κ2) is 5.69. The summed E-state index contributed by atoms with van der Waals surface area (Å²) in [6.07, 6.45) is -0.707. The highest BCUT2D eigenvalue weighted by Gasteiger charge is 2.20. The fourth-order valence-corrected chi connectivity index (χ4v) is 1.25. The van der Waals surface area contributed by atoms with Crippen molar-refractivity contribution in [3.63, 3.8) is 0 Å². The summed E-state index contributed by atoms with van der Waals surface area (Å²) in [7, 11) is -1.79. The Hall–Kier alpha value is -2.11. The van der Waals surface area contributed by atoms with Crippen molar-refractivity contribution in [3.05, 3.63) is 17.8 Å². The molecule has 1 rings (SSSR count). The van der Waals surface area contributed by atoms with Gasteiger partial charge in [-0.3, -0.25) is 5.32 Å². The zero-order valence-corrected chi connectivity index (χ0v) is 10.8. The first-order valence-corrected chi connectivity index (χ1v) is 5.50. The van der Waals surface area contributed by atoms with Crippen LogP contribution in [0, 0.1) is 11.3 Å². The van der Waals surface area contributed by atoms with Crippen LogP contribution in [0.15, 0.2) is 12.1 Å². The molecular formula is C11H14BN3O4. The van der Waals surface area contributed by atoms with Crippen molar-refractivity contribution in [2.24, 2.45) is 0 Å². The van der Waals surface area contributed by atoms with Crippen LogP contribution in [0.4, 0.5) is 10.6 Å². The molecule has 0 aliphatic carbocycles. The molecule has 0 aliphatic rings. The van der Waals surface area contributed by atoms with Crippen LogP contribution < -0.4 is 10.8 Å². The van der Waals surface area contributed by atoms with E-state index in [0.29, 0.717) is 0 Å². The topological polar surface area (TPSA) is 115 Å². The predicted molar refractivity (Wildman–Crippen MR) is 68.6 cm³/mol. The fourth-order valence-electron chi connectivity index (χ4n) is 1.25. The lowest BCUT2D eigenvalue weighted by Crippen LogP contribution is -2.33. The molecule has 8 heteroatoms. The first kappa shape index (κ1) is 15.0. The molecule has 0 aliphatic heterocycles. The molecule has 0 spiro atoms. The lowest BCUT2D eigenvalue weighted by Gasteiger charge is -2.19. The van der Waals surface area contributed by atoms with Crippen molar-refractivity contribution in [3.8, 4) is 6.07 Å². The number of hydrogen-bond donors (Lipinski definition) is 3. The molecule has 0 atom stereocenters. The minimum atomic E-state index is -1.79. The van der Waals surface area contributed by atoms with Gasteiger partial charge < -0.3 is 14.8 Å². The second-order valence-corrected chi connectivity index (χ2v) is 4.75. The molecule has 0 aromatic carbocycles. The average molecular weight is 263 g/mol. The molecule has 7 nitrogen and oxygen atoms in total. The van der Waals surface area contributed by atoms with Crippen LogP contribution in [0.2, 0.25) is 0 Å². The number of amides is 1. The predicted octanol–water partition coefficient (Wildman–Crippen LogP) is -0.0199. The summed E-state index contributed by atoms with van der Waals surface area (Å²) in [5.74, 6) is 0.0928. The molecule has 1 amide bonds. The van der Waals surface area contributed by atoms with Gasteiger partial charge in [0, 0.05) is 5.46 Å². The number of nitrogens with zero attached hydrogens (tertiary/aromatic N) is 2. The molecule has 1 heterocycles. The highest BCUT2D eigenvalue weighted by atomic mass is 16.6. The van der Waals surface area contributed by atoms with Crippen LogP contribution in [0.5, 0.6) is 0 Å². The van der Waals surface area contributed by atoms with Gasteiger partial charge in [-0.15, -0.1) is 0 Å². The molecule has 100 valence electrons. The van der Waals surface area contributed by atoms with Gasteiger partial charge in [-0.05, 0) is 26.8 Å². The number of nitrogens with one attached hydrogen (secondary N) is 1. The minimum absolute atomic E-state index is 0.0303. The molecule has 19 heavy (non-hydrogen) atoms. The van der Waals surface area contributed by atoms with Gasteiger partial charge in [-0.1, -0.05) is 6.07 Å². The smallest absolute Gasteiger partial charge is 0.444 e. The molecule has 0 saturated carbocycles. The van der Waals surface area contributed by atoms with Crippen molar-refractivity contribution in [2.45, 2.75) is 26.4 Å². The number of rotatable bonds is 2. The molecule has 1 aromatic rings. The molecular weight excluding hydrogens is 249 g/mol. The van der Waals surface area contributed by atoms with E-state index in [2.05, 4.69) is 10.3 Å². The maximum atomic E-state index is 11.5. The summed E-state index contributed by atoms with van der Waals surface area (Å²) < 4.78 is 5.02. The van der Waals surface area contributed by atoms with E-state index in [4.69, 9.17) is 20.0 Å². The normalized spacial score (nSPS) is 10.5. The summed E-state index contributed by atoms with van der Waals surface area (Å²) >= 11 is 0. The third-order valence-electron chi connectivity index (χ3n) is 1.94. The largest absolute Gasteiger partial charge is 0.491 e. The van der Waals surface area contributed by atoms with Crippen molar-refractivity contribution in [2.75, 3.05) is 5.32 Å². The number of carbonyl (C=O) groups excluding carboxylic acids is 1. The van der Waals surface area contributed by atoms with Crippen LogP contribution in [-0.4, -0.2) is 33.8 Å². The Kier molecular flexibility index (Phi) is 4.48. The summed E-state index contributed by atoms with van der Waals surface area (Å²) in [6.45, 7) is 5.14. The Morgan fingerprint density at radius 3 is 2.58 bits per heavy atom. The van der Waals surface area contributed by atoms with Crippen LogP contribution >= 0.6 is 0 Å². The molecule has 3 N–H and O–H groups in total. The van der Waals surface area contributed by atoms with Crippen molar-refractivity contribution in [1.29, 1.82) is 5.26 Å². The number of hydrogen-bond acceptors (Lipinski definition) is 6. The van der Waals surface area contributed by atoms with Gasteiger partial charge >= 0.3 is 13.2 Å². The van der Waals surface area contributed by atoms with Crippen molar-refractivity contribution < 1.29 is 19.6 Å². The molecule has 0 saturated heterocycles. The molecule has 0 bridgehead atoms. The van der Waals surface area contributed by atoms with Crippen LogP contribution in [0.3, 0.4) is 0 Å². The van der Waals surface area contributed by atoms with Crippen LogP contribution in [0.1, 0.15) is 26.5 Å². The summed E-state index contributed by atoms with van der Waals surface area (Å²) in [6, 6.07) is 4.36. The highest BCUT2D eigenvalue weighted by molar-refractivity contribution is 6.59. The highest BCUT2D eigenvalue weighted by Crippen LogP contribution is 2.10. The summed E-state index contributed by atoms with van der Waals surface area (Å²) in [5.41, 5.74) is -0.857. The SMILES string of the molecule is CC(C)(C)OC(=O)Nc1ccc(B(O)O)c(C#N)n1. The minimum Gasteiger partial charge on any atom is -0.444 e. The Labute approximate surface area is 111 Å². The van der Waals surface area contributed by atoms with E-state index in [1.54, 1.807) is 26.8 Å².